The van der Waals surface area contributed by atoms with Crippen LogP contribution in [0.5, 0.6) is 0 Å². The lowest BCUT2D eigenvalue weighted by molar-refractivity contribution is -0.147. The number of nitrogens with zero attached hydrogens (tertiary/aromatic N) is 3. The number of aliphatic hydroxyl groups excluding tert-OH is 2. The van der Waals surface area contributed by atoms with E-state index in [1.165, 1.54) is 42.3 Å². The molecule has 2 saturated heterocycles. The number of benzene rings is 1. The van der Waals surface area contributed by atoms with Crippen LogP contribution in [0.3, 0.4) is 0 Å². The molecule has 0 radical (unpaired) electrons. The predicted molar refractivity (Wildman–Crippen MR) is 369 cm³/mol. The van der Waals surface area contributed by atoms with Gasteiger partial charge < -0.3 is 102 Å². The number of carboxylic acid groups (broad SMARTS) is 1. The molecule has 3 rings (SSSR count). The third-order valence-corrected chi connectivity index (χ3v) is 17.9. The van der Waals surface area contributed by atoms with Crippen molar-refractivity contribution in [1.29, 1.82) is 0 Å². The van der Waals surface area contributed by atoms with Gasteiger partial charge in [-0.25, -0.2) is 4.79 Å². The molecule has 0 bridgehead atoms. The van der Waals surface area contributed by atoms with E-state index in [1.54, 1.807) is 58.0 Å². The average molecular weight is 1420 g/mol. The number of hydrogen-bond acceptors (Lipinski definition) is 19. The maximum atomic E-state index is 14.6. The van der Waals surface area contributed by atoms with Gasteiger partial charge in [0.25, 0.3) is 0 Å². The van der Waals surface area contributed by atoms with Crippen molar-refractivity contribution in [3.63, 3.8) is 0 Å². The van der Waals surface area contributed by atoms with Gasteiger partial charge in [-0.2, -0.15) is 11.8 Å². The quantitative estimate of drug-likeness (QED) is 0.0170. The number of hydrogen-bond donors (Lipinski definition) is 17. The second-order valence-corrected chi connectivity index (χ2v) is 27.0. The first-order valence-corrected chi connectivity index (χ1v) is 35.4. The van der Waals surface area contributed by atoms with Crippen LogP contribution in [0.25, 0.3) is 0 Å². The number of carboxylic acids is 1. The first-order chi connectivity index (χ1) is 46.8. The van der Waals surface area contributed by atoms with Gasteiger partial charge in [0, 0.05) is 32.5 Å². The number of unbranched alkanes of at least 4 members (excludes halogenated alkanes) is 1. The summed E-state index contributed by atoms with van der Waals surface area (Å²) in [5, 5.41) is 54.5. The second-order valence-electron chi connectivity index (χ2n) is 26.0. The summed E-state index contributed by atoms with van der Waals surface area (Å²) in [6, 6.07) is -7.90. The molecule has 0 unspecified atom stereocenters. The maximum Gasteiger partial charge on any atom is 0.326 e. The van der Waals surface area contributed by atoms with E-state index in [1.807, 2.05) is 6.26 Å². The lowest BCUT2D eigenvalue weighted by atomic mass is 9.97. The molecule has 99 heavy (non-hydrogen) atoms. The number of rotatable bonds is 44. The van der Waals surface area contributed by atoms with Crippen molar-refractivity contribution in [2.75, 3.05) is 44.8 Å². The molecule has 0 saturated carbocycles. The van der Waals surface area contributed by atoms with E-state index in [-0.39, 0.29) is 82.4 Å². The number of carbonyl (C=O) groups is 13. The Labute approximate surface area is 583 Å². The molecule has 2 aliphatic heterocycles. The van der Waals surface area contributed by atoms with Crippen molar-refractivity contribution in [3.05, 3.63) is 35.9 Å². The fourth-order valence-electron chi connectivity index (χ4n) is 11.4. The number of amides is 12. The number of aliphatic hydroxyl groups is 2. The monoisotopic (exact) mass is 1420 g/mol. The zero-order valence-corrected chi connectivity index (χ0v) is 59.1. The number of carbonyl (C=O) groups excluding carboxylic acids is 12. The average Bonchev–Trinajstić information content (AvgIpc) is 1.69. The van der Waals surface area contributed by atoms with Crippen molar-refractivity contribution in [3.8, 4) is 0 Å². The van der Waals surface area contributed by atoms with Gasteiger partial charge in [-0.05, 0) is 126 Å². The zero-order valence-electron chi connectivity index (χ0n) is 58.3. The van der Waals surface area contributed by atoms with Crippen molar-refractivity contribution < 1.29 is 77.6 Å². The van der Waals surface area contributed by atoms with Gasteiger partial charge in [0.1, 0.15) is 66.5 Å². The molecule has 33 nitrogen and oxygen atoms in total. The Kier molecular flexibility index (Phi) is 37.2. The lowest BCUT2D eigenvalue weighted by Crippen LogP contribution is -2.62. The fraction of sp³-hybridized carbons (Fsp3) is 0.692. The summed E-state index contributed by atoms with van der Waals surface area (Å²) in [7, 11) is 0. The molecule has 14 atom stereocenters. The molecule has 2 heterocycles. The molecule has 1 aromatic rings. The Morgan fingerprint density at radius 2 is 1.11 bits per heavy atom. The van der Waals surface area contributed by atoms with Gasteiger partial charge in [-0.3, -0.25) is 62.5 Å². The normalized spacial score (nSPS) is 18.0. The van der Waals surface area contributed by atoms with E-state index in [9.17, 15) is 77.6 Å². The third-order valence-electron chi connectivity index (χ3n) is 17.2. The number of primary amides is 1. The Morgan fingerprint density at radius 1 is 0.606 bits per heavy atom. The van der Waals surface area contributed by atoms with Crippen LogP contribution in [0.4, 0.5) is 0 Å². The minimum absolute atomic E-state index is 0.0216. The summed E-state index contributed by atoms with van der Waals surface area (Å²) in [5.41, 5.74) is 29.1. The third kappa shape index (κ3) is 28.2. The fourth-order valence-corrected chi connectivity index (χ4v) is 11.9. The van der Waals surface area contributed by atoms with Crippen LogP contribution in [0, 0.1) is 17.8 Å². The van der Waals surface area contributed by atoms with Gasteiger partial charge in [0.05, 0.1) is 18.8 Å². The minimum atomic E-state index is -1.80. The molecule has 0 aromatic heterocycles. The highest BCUT2D eigenvalue weighted by atomic mass is 32.2. The molecular formula is C65H109N17O16S. The van der Waals surface area contributed by atoms with Crippen molar-refractivity contribution in [2.24, 2.45) is 51.4 Å². The number of likely N-dealkylation sites (tertiary alicyclic amines) is 2. The molecule has 556 valence electrons. The van der Waals surface area contributed by atoms with Crippen LogP contribution in [0.1, 0.15) is 144 Å². The standard InChI is InChI=1S/C65H109N17O16S/c1-9-37(6)51(64(97)98)79-57(90)44(32-35(2)3)75-54(87)42(21-15-28-71-65(69)70)72-56(89)45(33-39-18-11-10-12-19-39)76-53(86)41(20-13-14-27-66)73-58(91)46(34-83)77-60(93)50(36(4)5)78-55(88)43(24-25-49(68)85)74-61(94)52(38(7)84)80-59(92)47-22-16-29-81(47)63(96)48-23-17-30-82(48)62(95)40(67)26-31-99-8/h10-12,18-19,35-38,40-48,50-52,83-84H,9,13-17,20-34,66-67H2,1-8H3,(H2,68,85)(H,72,89)(H,73,91)(H,74,94)(H,75,87)(H,76,86)(H,77,93)(H,78,88)(H,79,90)(H,80,92)(H,97,98)(H4,69,70,71)/t37-,38+,40-,41-,42-,43-,44-,45-,46-,47-,48-,50-,51-,52-/m0/s1. The SMILES string of the molecule is CC[C@H](C)[C@H](NC(=O)[C@H](CC(C)C)NC(=O)[C@H](CCCN=C(N)N)NC(=O)[C@H](Cc1ccccc1)NC(=O)[C@H](CCCCN)NC(=O)[C@H](CO)NC(=O)[C@@H](NC(=O)[C@H](CCC(N)=O)NC(=O)[C@@H](NC(=O)[C@@H]1CCCN1C(=O)[C@@H]1CCCN1C(=O)[C@@H](N)CCSC)[C@@H](C)O)C(C)C)C(=O)O. The van der Waals surface area contributed by atoms with E-state index in [4.69, 9.17) is 28.7 Å². The second kappa shape index (κ2) is 43.3. The minimum Gasteiger partial charge on any atom is -0.480 e. The van der Waals surface area contributed by atoms with E-state index in [2.05, 4.69) is 52.8 Å². The van der Waals surface area contributed by atoms with E-state index in [0.29, 0.717) is 56.4 Å². The van der Waals surface area contributed by atoms with Gasteiger partial charge in [-0.1, -0.05) is 78.3 Å². The highest BCUT2D eigenvalue weighted by Crippen LogP contribution is 2.26. The first kappa shape index (κ1) is 85.0. The highest BCUT2D eigenvalue weighted by molar-refractivity contribution is 7.98. The van der Waals surface area contributed by atoms with Crippen LogP contribution in [0.15, 0.2) is 35.3 Å². The summed E-state index contributed by atoms with van der Waals surface area (Å²) in [6.45, 7) is 10.9. The number of aliphatic imine (C=N–C) groups is 1. The predicted octanol–water partition coefficient (Wildman–Crippen LogP) is -3.69. The van der Waals surface area contributed by atoms with Crippen LogP contribution in [-0.2, 0) is 68.7 Å². The van der Waals surface area contributed by atoms with E-state index in [0.717, 1.165) is 0 Å². The summed E-state index contributed by atoms with van der Waals surface area (Å²) < 4.78 is 0. The Hall–Kier alpha value is -8.21. The molecule has 34 heteroatoms. The number of nitrogens with two attached hydrogens (primary N) is 5. The molecule has 2 aliphatic rings. The van der Waals surface area contributed by atoms with Crippen molar-refractivity contribution >= 4 is 94.6 Å². The van der Waals surface area contributed by atoms with Crippen LogP contribution >= 0.6 is 11.8 Å². The summed E-state index contributed by atoms with van der Waals surface area (Å²) in [6.07, 6.45) is 2.11. The lowest BCUT2D eigenvalue weighted by Gasteiger charge is -2.33. The Balaban J connectivity index is 1.88. The largest absolute Gasteiger partial charge is 0.480 e. The summed E-state index contributed by atoms with van der Waals surface area (Å²) in [5.74, 6) is -12.5. The zero-order chi connectivity index (χ0) is 74.2. The molecule has 1 aromatic carbocycles. The van der Waals surface area contributed by atoms with Crippen LogP contribution < -0.4 is 76.5 Å². The molecule has 22 N–H and O–H groups in total. The van der Waals surface area contributed by atoms with E-state index >= 15 is 0 Å². The summed E-state index contributed by atoms with van der Waals surface area (Å²) in [4.78, 5) is 186. The number of nitrogens with one attached hydrogen (secondary N) is 9. The molecule has 0 aliphatic carbocycles. The smallest absolute Gasteiger partial charge is 0.326 e. The van der Waals surface area contributed by atoms with Crippen LogP contribution in [0.2, 0.25) is 0 Å². The van der Waals surface area contributed by atoms with Gasteiger partial charge >= 0.3 is 5.97 Å². The molecular weight excluding hydrogens is 1310 g/mol. The van der Waals surface area contributed by atoms with Crippen LogP contribution in [-0.4, -0.2) is 231 Å². The maximum absolute atomic E-state index is 14.6. The number of thioether (sulfide) groups is 1. The van der Waals surface area contributed by atoms with Gasteiger partial charge in [0.2, 0.25) is 70.9 Å². The molecule has 12 amide bonds. The topological polar surface area (TPSA) is 540 Å². The van der Waals surface area contributed by atoms with Gasteiger partial charge in [-0.15, -0.1) is 0 Å². The Morgan fingerprint density at radius 3 is 1.66 bits per heavy atom. The number of guanidine groups is 1. The first-order valence-electron chi connectivity index (χ1n) is 34.0. The van der Waals surface area contributed by atoms with Crippen molar-refractivity contribution in [1.82, 2.24) is 57.7 Å². The molecule has 2 fully saturated rings. The number of aliphatic carboxylic acids is 1. The van der Waals surface area contributed by atoms with Crippen molar-refractivity contribution in [2.45, 2.75) is 223 Å². The molecule has 0 spiro atoms. The van der Waals surface area contributed by atoms with Gasteiger partial charge in [0.15, 0.2) is 5.96 Å². The Bertz CT molecular complexity index is 2910. The summed E-state index contributed by atoms with van der Waals surface area (Å²) >= 11 is 1.53. The van der Waals surface area contributed by atoms with E-state index < -0.39 is 181 Å². The highest BCUT2D eigenvalue weighted by Gasteiger charge is 2.45.